The highest BCUT2D eigenvalue weighted by molar-refractivity contribution is 5.80. The number of carbonyl (C=O) groups is 1. The van der Waals surface area contributed by atoms with Gasteiger partial charge in [0.15, 0.2) is 0 Å². The Hall–Kier alpha value is -1.32. The number of hydrogen-bond acceptors (Lipinski definition) is 1. The maximum absolute atomic E-state index is 11.8. The fraction of sp³-hybridized carbons (Fsp3) is 0.417. The molecule has 0 saturated carbocycles. The Bertz CT molecular complexity index is 330. The Balaban J connectivity index is 2.27. The van der Waals surface area contributed by atoms with Crippen LogP contribution in [0, 0.1) is 0 Å². The normalized spacial score (nSPS) is 11.4. The van der Waals surface area contributed by atoms with Gasteiger partial charge in [0.1, 0.15) is 5.78 Å². The molecule has 0 atom stereocenters. The predicted molar refractivity (Wildman–Crippen MR) is 55.1 cm³/mol. The van der Waals surface area contributed by atoms with Crippen LogP contribution in [-0.2, 0) is 11.2 Å². The highest BCUT2D eigenvalue weighted by Gasteiger charge is 2.26. The Labute approximate surface area is 92.3 Å². The first-order chi connectivity index (χ1) is 7.47. The fourth-order valence-electron chi connectivity index (χ4n) is 1.40. The van der Waals surface area contributed by atoms with E-state index in [0.29, 0.717) is 0 Å². The summed E-state index contributed by atoms with van der Waals surface area (Å²) in [7, 11) is 0. The second-order valence-corrected chi connectivity index (χ2v) is 3.67. The summed E-state index contributed by atoms with van der Waals surface area (Å²) < 4.78 is 35.5. The van der Waals surface area contributed by atoms with Crippen LogP contribution in [0.1, 0.15) is 24.8 Å². The Morgan fingerprint density at radius 1 is 1.12 bits per heavy atom. The van der Waals surface area contributed by atoms with Crippen LogP contribution < -0.4 is 0 Å². The molecule has 1 nitrogen and oxygen atoms in total. The fourth-order valence-corrected chi connectivity index (χ4v) is 1.40. The van der Waals surface area contributed by atoms with Gasteiger partial charge in [-0.1, -0.05) is 30.3 Å². The van der Waals surface area contributed by atoms with Crippen LogP contribution in [0.15, 0.2) is 30.3 Å². The summed E-state index contributed by atoms with van der Waals surface area (Å²) in [6, 6.07) is 9.03. The number of benzene rings is 1. The van der Waals surface area contributed by atoms with Gasteiger partial charge in [-0.2, -0.15) is 13.2 Å². The largest absolute Gasteiger partial charge is 0.389 e. The van der Waals surface area contributed by atoms with Crippen molar-refractivity contribution in [2.24, 2.45) is 0 Å². The van der Waals surface area contributed by atoms with Gasteiger partial charge in [-0.3, -0.25) is 4.79 Å². The minimum Gasteiger partial charge on any atom is -0.299 e. The molecule has 88 valence electrons. The quantitative estimate of drug-likeness (QED) is 0.756. The average molecular weight is 230 g/mol. The van der Waals surface area contributed by atoms with E-state index in [-0.39, 0.29) is 25.0 Å². The maximum atomic E-state index is 11.8. The summed E-state index contributed by atoms with van der Waals surface area (Å²) in [5, 5.41) is 0. The van der Waals surface area contributed by atoms with Gasteiger partial charge in [-0.15, -0.1) is 0 Å². The molecule has 1 rings (SSSR count). The van der Waals surface area contributed by atoms with Crippen molar-refractivity contribution in [3.8, 4) is 0 Å². The number of rotatable bonds is 5. The standard InChI is InChI=1S/C12H13F3O/c13-12(14,15)8-4-7-11(16)9-10-5-2-1-3-6-10/h1-3,5-6H,4,7-9H2. The van der Waals surface area contributed by atoms with Crippen molar-refractivity contribution in [1.82, 2.24) is 0 Å². The molecular formula is C12H13F3O. The summed E-state index contributed by atoms with van der Waals surface area (Å²) in [4.78, 5) is 11.3. The number of halogens is 3. The average Bonchev–Trinajstić information content (AvgIpc) is 2.17. The topological polar surface area (TPSA) is 17.1 Å². The molecule has 1 aromatic rings. The molecule has 0 N–H and O–H groups in total. The first-order valence-electron chi connectivity index (χ1n) is 5.10. The van der Waals surface area contributed by atoms with Gasteiger partial charge in [-0.05, 0) is 12.0 Å². The van der Waals surface area contributed by atoms with E-state index in [2.05, 4.69) is 0 Å². The van der Waals surface area contributed by atoms with Crippen LogP contribution >= 0.6 is 0 Å². The maximum Gasteiger partial charge on any atom is 0.389 e. The zero-order chi connectivity index (χ0) is 12.0. The molecule has 0 aliphatic rings. The first-order valence-corrected chi connectivity index (χ1v) is 5.10. The molecular weight excluding hydrogens is 217 g/mol. The summed E-state index contributed by atoms with van der Waals surface area (Å²) in [6.45, 7) is 0. The van der Waals surface area contributed by atoms with Crippen LogP contribution in [0.3, 0.4) is 0 Å². The number of carbonyl (C=O) groups excluding carboxylic acids is 1. The van der Waals surface area contributed by atoms with Gasteiger partial charge in [0, 0.05) is 19.3 Å². The van der Waals surface area contributed by atoms with Crippen LogP contribution in [-0.4, -0.2) is 12.0 Å². The molecule has 0 aromatic heterocycles. The van der Waals surface area contributed by atoms with Crippen molar-refractivity contribution in [2.75, 3.05) is 0 Å². The third kappa shape index (κ3) is 5.53. The third-order valence-electron chi connectivity index (χ3n) is 2.16. The second kappa shape index (κ2) is 5.68. The molecule has 1 aromatic carbocycles. The zero-order valence-electron chi connectivity index (χ0n) is 8.76. The molecule has 0 fully saturated rings. The van der Waals surface area contributed by atoms with Crippen molar-refractivity contribution in [3.63, 3.8) is 0 Å². The Morgan fingerprint density at radius 2 is 1.75 bits per heavy atom. The van der Waals surface area contributed by atoms with Crippen LogP contribution in [0.4, 0.5) is 13.2 Å². The molecule has 0 saturated heterocycles. The minimum atomic E-state index is -4.16. The van der Waals surface area contributed by atoms with Crippen molar-refractivity contribution in [2.45, 2.75) is 31.9 Å². The molecule has 0 radical (unpaired) electrons. The molecule has 0 heterocycles. The van der Waals surface area contributed by atoms with Crippen molar-refractivity contribution < 1.29 is 18.0 Å². The minimum absolute atomic E-state index is 0.00555. The van der Waals surface area contributed by atoms with Gasteiger partial charge in [-0.25, -0.2) is 0 Å². The van der Waals surface area contributed by atoms with E-state index in [9.17, 15) is 18.0 Å². The van der Waals surface area contributed by atoms with Gasteiger partial charge >= 0.3 is 6.18 Å². The lowest BCUT2D eigenvalue weighted by Gasteiger charge is -2.05. The van der Waals surface area contributed by atoms with E-state index < -0.39 is 12.6 Å². The lowest BCUT2D eigenvalue weighted by Crippen LogP contribution is -2.09. The van der Waals surface area contributed by atoms with Crippen LogP contribution in [0.2, 0.25) is 0 Å². The third-order valence-corrected chi connectivity index (χ3v) is 2.16. The van der Waals surface area contributed by atoms with Gasteiger partial charge in [0.25, 0.3) is 0 Å². The number of hydrogen-bond donors (Lipinski definition) is 0. The zero-order valence-corrected chi connectivity index (χ0v) is 8.76. The molecule has 0 unspecified atom stereocenters. The predicted octanol–water partition coefficient (Wildman–Crippen LogP) is 3.53. The molecule has 0 aliphatic heterocycles. The van der Waals surface area contributed by atoms with Gasteiger partial charge in [0.2, 0.25) is 0 Å². The summed E-state index contributed by atoms with van der Waals surface area (Å²) in [5.41, 5.74) is 0.847. The molecule has 0 spiro atoms. The molecule has 0 aliphatic carbocycles. The van der Waals surface area contributed by atoms with Crippen molar-refractivity contribution in [3.05, 3.63) is 35.9 Å². The highest BCUT2D eigenvalue weighted by Crippen LogP contribution is 2.22. The van der Waals surface area contributed by atoms with E-state index >= 15 is 0 Å². The summed E-state index contributed by atoms with van der Waals surface area (Å²) in [6.07, 6.45) is -4.94. The molecule has 4 heteroatoms. The number of Topliss-reactive ketones (excluding diaryl/α,β-unsaturated/α-hetero) is 1. The Morgan fingerprint density at radius 3 is 2.31 bits per heavy atom. The summed E-state index contributed by atoms with van der Waals surface area (Å²) >= 11 is 0. The van der Waals surface area contributed by atoms with E-state index in [4.69, 9.17) is 0 Å². The van der Waals surface area contributed by atoms with E-state index in [1.165, 1.54) is 0 Å². The van der Waals surface area contributed by atoms with Gasteiger partial charge in [0.05, 0.1) is 0 Å². The lowest BCUT2D eigenvalue weighted by atomic mass is 10.1. The molecule has 0 bridgehead atoms. The van der Waals surface area contributed by atoms with E-state index in [1.807, 2.05) is 6.07 Å². The smallest absolute Gasteiger partial charge is 0.299 e. The highest BCUT2D eigenvalue weighted by atomic mass is 19.4. The monoisotopic (exact) mass is 230 g/mol. The SMILES string of the molecule is O=C(CCCC(F)(F)F)Cc1ccccc1. The molecule has 16 heavy (non-hydrogen) atoms. The number of alkyl halides is 3. The van der Waals surface area contributed by atoms with E-state index in [0.717, 1.165) is 5.56 Å². The van der Waals surface area contributed by atoms with Gasteiger partial charge < -0.3 is 0 Å². The summed E-state index contributed by atoms with van der Waals surface area (Å²) in [5.74, 6) is -0.143. The van der Waals surface area contributed by atoms with Crippen molar-refractivity contribution >= 4 is 5.78 Å². The molecule has 0 amide bonds. The number of ketones is 1. The lowest BCUT2D eigenvalue weighted by molar-refractivity contribution is -0.137. The second-order valence-electron chi connectivity index (χ2n) is 3.67. The van der Waals surface area contributed by atoms with E-state index in [1.54, 1.807) is 24.3 Å². The van der Waals surface area contributed by atoms with Crippen molar-refractivity contribution in [1.29, 1.82) is 0 Å². The Kier molecular flexibility index (Phi) is 4.52. The van der Waals surface area contributed by atoms with Crippen LogP contribution in [0.25, 0.3) is 0 Å². The first kappa shape index (κ1) is 12.7. The van der Waals surface area contributed by atoms with Crippen LogP contribution in [0.5, 0.6) is 0 Å².